The second-order valence-electron chi connectivity index (χ2n) is 7.73. The molecule has 2 heterocycles. The average Bonchev–Trinajstić information content (AvgIpc) is 3.38. The Morgan fingerprint density at radius 3 is 2.56 bits per heavy atom. The topological polar surface area (TPSA) is 93.5 Å². The summed E-state index contributed by atoms with van der Waals surface area (Å²) in [4.78, 5) is 17.0. The van der Waals surface area contributed by atoms with E-state index in [2.05, 4.69) is 10.3 Å². The zero-order valence-electron chi connectivity index (χ0n) is 17.8. The zero-order valence-corrected chi connectivity index (χ0v) is 18.7. The SMILES string of the molecule is COc1ccc(S(=O)(=O)N2CCCC(C(=O)NCc3ccc(-n4ccnc4)cc3)C2)cc1. The molecule has 1 atom stereocenters. The Balaban J connectivity index is 1.35. The number of rotatable bonds is 7. The third-order valence-corrected chi connectivity index (χ3v) is 7.54. The van der Waals surface area contributed by atoms with E-state index in [1.807, 2.05) is 35.0 Å². The fourth-order valence-electron chi connectivity index (χ4n) is 3.80. The van der Waals surface area contributed by atoms with E-state index < -0.39 is 10.0 Å². The largest absolute Gasteiger partial charge is 0.497 e. The third-order valence-electron chi connectivity index (χ3n) is 5.66. The minimum Gasteiger partial charge on any atom is -0.497 e. The summed E-state index contributed by atoms with van der Waals surface area (Å²) in [6.45, 7) is 0.985. The minimum absolute atomic E-state index is 0.127. The number of imidazole rings is 1. The predicted octanol–water partition coefficient (Wildman–Crippen LogP) is 2.60. The lowest BCUT2D eigenvalue weighted by molar-refractivity contribution is -0.126. The lowest BCUT2D eigenvalue weighted by Gasteiger charge is -2.31. The standard InChI is InChI=1S/C23H26N4O4S/c1-31-21-8-10-22(11-9-21)32(29,30)27-13-2-3-19(16-27)23(28)25-15-18-4-6-20(7-5-18)26-14-12-24-17-26/h4-12,14,17,19H,2-3,13,15-16H2,1H3,(H,25,28). The van der Waals surface area contributed by atoms with E-state index in [4.69, 9.17) is 4.74 Å². The fraction of sp³-hybridized carbons (Fsp3) is 0.304. The van der Waals surface area contributed by atoms with Gasteiger partial charge in [-0.2, -0.15) is 4.31 Å². The summed E-state index contributed by atoms with van der Waals surface area (Å²) < 4.78 is 34.4. The summed E-state index contributed by atoms with van der Waals surface area (Å²) in [5, 5.41) is 2.95. The monoisotopic (exact) mass is 454 g/mol. The number of ether oxygens (including phenoxy) is 1. The van der Waals surface area contributed by atoms with E-state index in [1.165, 1.54) is 23.5 Å². The first-order chi connectivity index (χ1) is 15.5. The molecule has 1 fully saturated rings. The molecule has 1 aromatic heterocycles. The number of carbonyl (C=O) groups is 1. The maximum Gasteiger partial charge on any atom is 0.243 e. The number of hydrogen-bond acceptors (Lipinski definition) is 5. The number of nitrogens with zero attached hydrogens (tertiary/aromatic N) is 3. The molecule has 0 radical (unpaired) electrons. The number of carbonyl (C=O) groups excluding carboxylic acids is 1. The predicted molar refractivity (Wildman–Crippen MR) is 120 cm³/mol. The van der Waals surface area contributed by atoms with Gasteiger partial charge < -0.3 is 14.6 Å². The van der Waals surface area contributed by atoms with Crippen molar-refractivity contribution in [2.45, 2.75) is 24.3 Å². The molecule has 1 aliphatic heterocycles. The van der Waals surface area contributed by atoms with Crippen LogP contribution in [0.4, 0.5) is 0 Å². The molecule has 0 aliphatic carbocycles. The molecule has 9 heteroatoms. The van der Waals surface area contributed by atoms with Crippen molar-refractivity contribution in [3.63, 3.8) is 0 Å². The maximum atomic E-state index is 13.0. The van der Waals surface area contributed by atoms with Crippen molar-refractivity contribution in [3.8, 4) is 11.4 Å². The highest BCUT2D eigenvalue weighted by atomic mass is 32.2. The Bertz CT molecular complexity index is 1140. The van der Waals surface area contributed by atoms with Gasteiger partial charge in [0.1, 0.15) is 5.75 Å². The van der Waals surface area contributed by atoms with Gasteiger partial charge in [0.2, 0.25) is 15.9 Å². The lowest BCUT2D eigenvalue weighted by atomic mass is 9.99. The van der Waals surface area contributed by atoms with Crippen molar-refractivity contribution >= 4 is 15.9 Å². The van der Waals surface area contributed by atoms with Crippen LogP contribution in [0.25, 0.3) is 5.69 Å². The number of piperidine rings is 1. The van der Waals surface area contributed by atoms with Gasteiger partial charge in [0.05, 0.1) is 24.3 Å². The van der Waals surface area contributed by atoms with E-state index in [-0.39, 0.29) is 23.3 Å². The summed E-state index contributed by atoms with van der Waals surface area (Å²) in [5.74, 6) is 0.0956. The van der Waals surface area contributed by atoms with Crippen LogP contribution in [0.5, 0.6) is 5.75 Å². The second kappa shape index (κ2) is 9.54. The van der Waals surface area contributed by atoms with Gasteiger partial charge in [-0.3, -0.25) is 4.79 Å². The van der Waals surface area contributed by atoms with Crippen molar-refractivity contribution in [2.75, 3.05) is 20.2 Å². The molecule has 0 saturated carbocycles. The molecule has 0 spiro atoms. The highest BCUT2D eigenvalue weighted by Crippen LogP contribution is 2.25. The second-order valence-corrected chi connectivity index (χ2v) is 9.67. The van der Waals surface area contributed by atoms with Gasteiger partial charge in [0.25, 0.3) is 0 Å². The first-order valence-electron chi connectivity index (χ1n) is 10.5. The lowest BCUT2D eigenvalue weighted by Crippen LogP contribution is -2.45. The summed E-state index contributed by atoms with van der Waals surface area (Å²) >= 11 is 0. The molecular weight excluding hydrogens is 428 g/mol. The number of methoxy groups -OCH3 is 1. The van der Waals surface area contributed by atoms with Gasteiger partial charge in [-0.1, -0.05) is 12.1 Å². The van der Waals surface area contributed by atoms with E-state index in [1.54, 1.807) is 24.7 Å². The van der Waals surface area contributed by atoms with Crippen LogP contribution in [0.1, 0.15) is 18.4 Å². The van der Waals surface area contributed by atoms with Gasteiger partial charge in [-0.25, -0.2) is 13.4 Å². The van der Waals surface area contributed by atoms with Crippen molar-refractivity contribution < 1.29 is 17.9 Å². The van der Waals surface area contributed by atoms with Crippen LogP contribution < -0.4 is 10.1 Å². The van der Waals surface area contributed by atoms with Crippen LogP contribution in [0.3, 0.4) is 0 Å². The van der Waals surface area contributed by atoms with Gasteiger partial charge in [-0.05, 0) is 54.8 Å². The molecule has 32 heavy (non-hydrogen) atoms. The summed E-state index contributed by atoms with van der Waals surface area (Å²) in [6.07, 6.45) is 6.63. The molecule has 0 bridgehead atoms. The first kappa shape index (κ1) is 22.0. The molecule has 168 valence electrons. The van der Waals surface area contributed by atoms with E-state index in [9.17, 15) is 13.2 Å². The summed E-state index contributed by atoms with van der Waals surface area (Å²) in [6, 6.07) is 14.2. The Morgan fingerprint density at radius 1 is 1.16 bits per heavy atom. The minimum atomic E-state index is -3.66. The van der Waals surface area contributed by atoms with Gasteiger partial charge in [0.15, 0.2) is 0 Å². The van der Waals surface area contributed by atoms with E-state index >= 15 is 0 Å². The molecular formula is C23H26N4O4S. The number of nitrogens with one attached hydrogen (secondary N) is 1. The average molecular weight is 455 g/mol. The van der Waals surface area contributed by atoms with Crippen LogP contribution in [-0.4, -0.2) is 48.4 Å². The Kier molecular flexibility index (Phi) is 6.57. The summed E-state index contributed by atoms with van der Waals surface area (Å²) in [7, 11) is -2.12. The number of aromatic nitrogens is 2. The maximum absolute atomic E-state index is 13.0. The molecule has 2 aromatic carbocycles. The molecule has 3 aromatic rings. The van der Waals surface area contributed by atoms with Gasteiger partial charge in [0, 0.05) is 37.7 Å². The van der Waals surface area contributed by atoms with Crippen LogP contribution in [-0.2, 0) is 21.4 Å². The molecule has 1 N–H and O–H groups in total. The third kappa shape index (κ3) is 4.84. The Morgan fingerprint density at radius 2 is 1.91 bits per heavy atom. The van der Waals surface area contributed by atoms with Crippen molar-refractivity contribution in [1.29, 1.82) is 0 Å². The fourth-order valence-corrected chi connectivity index (χ4v) is 5.33. The smallest absolute Gasteiger partial charge is 0.243 e. The van der Waals surface area contributed by atoms with Gasteiger partial charge in [-0.15, -0.1) is 0 Å². The Hall–Kier alpha value is -3.17. The van der Waals surface area contributed by atoms with Crippen molar-refractivity contribution in [2.24, 2.45) is 5.92 Å². The normalized spacial score (nSPS) is 17.1. The van der Waals surface area contributed by atoms with E-state index in [0.29, 0.717) is 31.7 Å². The highest BCUT2D eigenvalue weighted by Gasteiger charge is 2.33. The van der Waals surface area contributed by atoms with Crippen LogP contribution in [0.15, 0.2) is 72.1 Å². The molecule has 8 nitrogen and oxygen atoms in total. The van der Waals surface area contributed by atoms with Crippen molar-refractivity contribution in [1.82, 2.24) is 19.2 Å². The van der Waals surface area contributed by atoms with Crippen LogP contribution >= 0.6 is 0 Å². The zero-order chi connectivity index (χ0) is 22.6. The van der Waals surface area contributed by atoms with E-state index in [0.717, 1.165) is 11.3 Å². The Labute approximate surface area is 187 Å². The molecule has 1 unspecified atom stereocenters. The molecule has 1 aliphatic rings. The molecule has 1 amide bonds. The number of benzene rings is 2. The van der Waals surface area contributed by atoms with Crippen LogP contribution in [0.2, 0.25) is 0 Å². The summed E-state index contributed by atoms with van der Waals surface area (Å²) in [5.41, 5.74) is 1.96. The quantitative estimate of drug-likeness (QED) is 0.592. The molecule has 4 rings (SSSR count). The van der Waals surface area contributed by atoms with Gasteiger partial charge >= 0.3 is 0 Å². The highest BCUT2D eigenvalue weighted by molar-refractivity contribution is 7.89. The number of amides is 1. The number of hydrogen-bond donors (Lipinski definition) is 1. The van der Waals surface area contributed by atoms with Crippen molar-refractivity contribution in [3.05, 3.63) is 72.8 Å². The van der Waals surface area contributed by atoms with Crippen LogP contribution in [0, 0.1) is 5.92 Å². The first-order valence-corrected chi connectivity index (χ1v) is 11.9. The molecule has 1 saturated heterocycles. The number of sulfonamides is 1.